The first kappa shape index (κ1) is 13.2. The van der Waals surface area contributed by atoms with Crippen molar-refractivity contribution in [3.8, 4) is 11.4 Å². The van der Waals surface area contributed by atoms with Crippen molar-refractivity contribution in [2.45, 2.75) is 38.5 Å². The molecular weight excluding hydrogens is 252 g/mol. The second-order valence-electron chi connectivity index (χ2n) is 5.69. The number of hydrogen-bond donors (Lipinski definition) is 1. The third-order valence-electron chi connectivity index (χ3n) is 4.28. The summed E-state index contributed by atoms with van der Waals surface area (Å²) in [5.41, 5.74) is 7.09. The smallest absolute Gasteiger partial charge is 0.227 e. The molecule has 20 heavy (non-hydrogen) atoms. The van der Waals surface area contributed by atoms with E-state index in [1.807, 2.05) is 12.1 Å². The van der Waals surface area contributed by atoms with E-state index in [0.29, 0.717) is 18.3 Å². The Labute approximate surface area is 118 Å². The average molecular weight is 272 g/mol. The van der Waals surface area contributed by atoms with Gasteiger partial charge >= 0.3 is 0 Å². The Balaban J connectivity index is 1.77. The molecule has 0 aromatic carbocycles. The molecule has 2 aromatic rings. The maximum atomic E-state index is 6.01. The molecule has 5 heteroatoms. The van der Waals surface area contributed by atoms with Crippen molar-refractivity contribution < 1.29 is 4.52 Å². The number of nitrogens with two attached hydrogens (primary N) is 1. The lowest BCUT2D eigenvalue weighted by molar-refractivity contribution is 0.177. The lowest BCUT2D eigenvalue weighted by atomic mass is 9.72. The topological polar surface area (TPSA) is 77.8 Å². The maximum Gasteiger partial charge on any atom is 0.227 e. The van der Waals surface area contributed by atoms with E-state index in [0.717, 1.165) is 24.8 Å². The van der Waals surface area contributed by atoms with Crippen LogP contribution in [0.25, 0.3) is 11.4 Å². The van der Waals surface area contributed by atoms with Crippen molar-refractivity contribution in [1.29, 1.82) is 0 Å². The van der Waals surface area contributed by atoms with Crippen LogP contribution in [0.3, 0.4) is 0 Å². The highest BCUT2D eigenvalue weighted by Gasteiger charge is 2.32. The number of aromatic nitrogens is 3. The van der Waals surface area contributed by atoms with E-state index in [-0.39, 0.29) is 5.41 Å². The zero-order valence-electron chi connectivity index (χ0n) is 11.6. The zero-order valence-corrected chi connectivity index (χ0v) is 11.6. The van der Waals surface area contributed by atoms with Crippen LogP contribution in [0.1, 0.15) is 38.0 Å². The minimum Gasteiger partial charge on any atom is -0.339 e. The van der Waals surface area contributed by atoms with Crippen molar-refractivity contribution in [1.82, 2.24) is 15.1 Å². The Hall–Kier alpha value is -1.75. The van der Waals surface area contributed by atoms with Crippen molar-refractivity contribution in [2.24, 2.45) is 11.1 Å². The summed E-state index contributed by atoms with van der Waals surface area (Å²) in [6.45, 7) is 0.694. The summed E-state index contributed by atoms with van der Waals surface area (Å²) in [4.78, 5) is 8.50. The number of hydrogen-bond acceptors (Lipinski definition) is 5. The zero-order chi connectivity index (χ0) is 13.8. The van der Waals surface area contributed by atoms with E-state index in [2.05, 4.69) is 15.1 Å². The fraction of sp³-hybridized carbons (Fsp3) is 0.533. The fourth-order valence-corrected chi connectivity index (χ4v) is 3.02. The van der Waals surface area contributed by atoms with Crippen LogP contribution < -0.4 is 5.73 Å². The molecule has 1 aliphatic carbocycles. The van der Waals surface area contributed by atoms with E-state index in [1.54, 1.807) is 12.4 Å². The van der Waals surface area contributed by atoms with Crippen LogP contribution in [-0.2, 0) is 6.42 Å². The van der Waals surface area contributed by atoms with Crippen molar-refractivity contribution in [3.63, 3.8) is 0 Å². The monoisotopic (exact) mass is 272 g/mol. The summed E-state index contributed by atoms with van der Waals surface area (Å²) in [6, 6.07) is 3.77. The molecule has 0 radical (unpaired) electrons. The molecule has 2 N–H and O–H groups in total. The second kappa shape index (κ2) is 5.71. The standard InChI is InChI=1S/C15H20N4O/c16-11-15(6-2-1-3-7-15)10-13-18-14(19-20-13)12-4-8-17-9-5-12/h4-5,8-9H,1-3,6-7,10-11,16H2. The molecule has 1 fully saturated rings. The van der Waals surface area contributed by atoms with Crippen LogP contribution in [0.2, 0.25) is 0 Å². The highest BCUT2D eigenvalue weighted by molar-refractivity contribution is 5.52. The highest BCUT2D eigenvalue weighted by Crippen LogP contribution is 2.38. The highest BCUT2D eigenvalue weighted by atomic mass is 16.5. The van der Waals surface area contributed by atoms with Crippen LogP contribution in [0.15, 0.2) is 29.0 Å². The van der Waals surface area contributed by atoms with Gasteiger partial charge < -0.3 is 10.3 Å². The predicted octanol–water partition coefficient (Wildman–Crippen LogP) is 2.58. The first-order valence-corrected chi connectivity index (χ1v) is 7.24. The molecule has 1 aliphatic rings. The van der Waals surface area contributed by atoms with E-state index >= 15 is 0 Å². The number of rotatable bonds is 4. The summed E-state index contributed by atoms with van der Waals surface area (Å²) >= 11 is 0. The van der Waals surface area contributed by atoms with Gasteiger partial charge in [0, 0.05) is 24.4 Å². The normalized spacial score (nSPS) is 18.1. The molecule has 5 nitrogen and oxygen atoms in total. The summed E-state index contributed by atoms with van der Waals surface area (Å²) < 4.78 is 5.41. The molecule has 2 heterocycles. The number of nitrogens with zero attached hydrogens (tertiary/aromatic N) is 3. The first-order valence-electron chi connectivity index (χ1n) is 7.24. The van der Waals surface area contributed by atoms with Gasteiger partial charge in [0.05, 0.1) is 0 Å². The van der Waals surface area contributed by atoms with Crippen LogP contribution in [0, 0.1) is 5.41 Å². The van der Waals surface area contributed by atoms with Crippen LogP contribution in [0.4, 0.5) is 0 Å². The van der Waals surface area contributed by atoms with Crippen molar-refractivity contribution >= 4 is 0 Å². The Morgan fingerprint density at radius 2 is 1.90 bits per heavy atom. The molecule has 0 aliphatic heterocycles. The first-order chi connectivity index (χ1) is 9.81. The van der Waals surface area contributed by atoms with Gasteiger partial charge in [-0.15, -0.1) is 0 Å². The molecule has 3 rings (SSSR count). The third-order valence-corrected chi connectivity index (χ3v) is 4.28. The van der Waals surface area contributed by atoms with Gasteiger partial charge in [0.2, 0.25) is 11.7 Å². The minimum absolute atomic E-state index is 0.153. The van der Waals surface area contributed by atoms with Gasteiger partial charge in [0.25, 0.3) is 0 Å². The predicted molar refractivity (Wildman–Crippen MR) is 75.8 cm³/mol. The van der Waals surface area contributed by atoms with Crippen molar-refractivity contribution in [2.75, 3.05) is 6.54 Å². The van der Waals surface area contributed by atoms with Gasteiger partial charge in [-0.2, -0.15) is 4.98 Å². The van der Waals surface area contributed by atoms with Crippen LogP contribution in [-0.4, -0.2) is 21.7 Å². The molecule has 0 bridgehead atoms. The Bertz CT molecular complexity index is 546. The van der Waals surface area contributed by atoms with E-state index in [1.165, 1.54) is 19.3 Å². The Morgan fingerprint density at radius 3 is 2.60 bits per heavy atom. The average Bonchev–Trinajstić information content (AvgIpc) is 2.97. The Morgan fingerprint density at radius 1 is 1.15 bits per heavy atom. The van der Waals surface area contributed by atoms with E-state index < -0.39 is 0 Å². The molecule has 0 unspecified atom stereocenters. The van der Waals surface area contributed by atoms with Gasteiger partial charge in [0.1, 0.15) is 0 Å². The molecular formula is C15H20N4O. The third kappa shape index (κ3) is 2.72. The lowest BCUT2D eigenvalue weighted by Crippen LogP contribution is -2.35. The molecule has 2 aromatic heterocycles. The van der Waals surface area contributed by atoms with Gasteiger partial charge in [-0.05, 0) is 36.9 Å². The molecule has 0 saturated heterocycles. The van der Waals surface area contributed by atoms with Gasteiger partial charge in [-0.25, -0.2) is 0 Å². The molecule has 0 atom stereocenters. The summed E-state index contributed by atoms with van der Waals surface area (Å²) in [5.74, 6) is 1.33. The lowest BCUT2D eigenvalue weighted by Gasteiger charge is -2.34. The largest absolute Gasteiger partial charge is 0.339 e. The van der Waals surface area contributed by atoms with Crippen LogP contribution in [0.5, 0.6) is 0 Å². The van der Waals surface area contributed by atoms with E-state index in [4.69, 9.17) is 10.3 Å². The van der Waals surface area contributed by atoms with Crippen LogP contribution >= 0.6 is 0 Å². The fourth-order valence-electron chi connectivity index (χ4n) is 3.02. The molecule has 0 amide bonds. The quantitative estimate of drug-likeness (QED) is 0.925. The van der Waals surface area contributed by atoms with Gasteiger partial charge in [-0.1, -0.05) is 24.4 Å². The van der Waals surface area contributed by atoms with Crippen molar-refractivity contribution in [3.05, 3.63) is 30.4 Å². The SMILES string of the molecule is NCC1(Cc2nc(-c3ccncc3)no2)CCCCC1. The Kier molecular flexibility index (Phi) is 3.78. The molecule has 1 saturated carbocycles. The molecule has 106 valence electrons. The summed E-state index contributed by atoms with van der Waals surface area (Å²) in [7, 11) is 0. The van der Waals surface area contributed by atoms with Gasteiger partial charge in [-0.3, -0.25) is 4.98 Å². The van der Waals surface area contributed by atoms with E-state index in [9.17, 15) is 0 Å². The summed E-state index contributed by atoms with van der Waals surface area (Å²) in [6.07, 6.45) is 10.4. The van der Waals surface area contributed by atoms with Gasteiger partial charge in [0.15, 0.2) is 0 Å². The molecule has 0 spiro atoms. The maximum absolute atomic E-state index is 6.01. The number of pyridine rings is 1. The summed E-state index contributed by atoms with van der Waals surface area (Å²) in [5, 5.41) is 4.06. The minimum atomic E-state index is 0.153. The second-order valence-corrected chi connectivity index (χ2v) is 5.69.